The number of amides is 2. The molecule has 9 aromatic carbocycles. The molecule has 3 fully saturated rings. The lowest BCUT2D eigenvalue weighted by Crippen LogP contribution is -2.69. The van der Waals surface area contributed by atoms with Crippen molar-refractivity contribution >= 4 is 23.8 Å². The van der Waals surface area contributed by atoms with E-state index in [0.717, 1.165) is 32.7 Å². The van der Waals surface area contributed by atoms with E-state index in [1.54, 1.807) is 93.1 Å². The fourth-order valence-electron chi connectivity index (χ4n) is 14.3. The van der Waals surface area contributed by atoms with Gasteiger partial charge in [-0.1, -0.05) is 213 Å². The van der Waals surface area contributed by atoms with Crippen LogP contribution in [0.5, 0.6) is 11.5 Å². The highest BCUT2D eigenvalue weighted by molar-refractivity contribution is 6.21. The zero-order chi connectivity index (χ0) is 78.8. The van der Waals surface area contributed by atoms with Crippen LogP contribution in [-0.2, 0) is 122 Å². The number of rotatable bonds is 40. The van der Waals surface area contributed by atoms with Crippen LogP contribution in [0.15, 0.2) is 255 Å². The molecule has 3 saturated heterocycles. The molecule has 4 heterocycles. The van der Waals surface area contributed by atoms with Gasteiger partial charge < -0.3 is 85.6 Å². The molecule has 4 aliphatic heterocycles. The van der Waals surface area contributed by atoms with Crippen molar-refractivity contribution in [2.24, 2.45) is 0 Å². The average Bonchev–Trinajstić information content (AvgIpc) is 1.52. The summed E-state index contributed by atoms with van der Waals surface area (Å²) < 4.78 is 114. The average molecular weight is 1560 g/mol. The van der Waals surface area contributed by atoms with Gasteiger partial charge in [-0.05, 0) is 100 Å². The van der Waals surface area contributed by atoms with Crippen LogP contribution >= 0.6 is 0 Å². The van der Waals surface area contributed by atoms with Gasteiger partial charge in [0.05, 0.1) is 104 Å². The summed E-state index contributed by atoms with van der Waals surface area (Å²) in [6.07, 6.45) is -17.2. The molecule has 13 rings (SSSR count). The molecule has 0 saturated carbocycles. The van der Waals surface area contributed by atoms with Crippen LogP contribution in [0.25, 0.3) is 0 Å². The second kappa shape index (κ2) is 41.9. The van der Waals surface area contributed by atoms with Gasteiger partial charge in [-0.25, -0.2) is 4.79 Å². The molecule has 598 valence electrons. The van der Waals surface area contributed by atoms with E-state index in [1.807, 2.05) is 176 Å². The van der Waals surface area contributed by atoms with Crippen LogP contribution in [0.1, 0.15) is 95.7 Å². The van der Waals surface area contributed by atoms with Crippen molar-refractivity contribution in [3.8, 4) is 11.5 Å². The van der Waals surface area contributed by atoms with E-state index in [4.69, 9.17) is 80.5 Å². The lowest BCUT2D eigenvalue weighted by molar-refractivity contribution is -0.367. The zero-order valence-electron chi connectivity index (χ0n) is 64.0. The first-order valence-electron chi connectivity index (χ1n) is 38.5. The maximum Gasteiger partial charge on any atom is 0.338 e. The Morgan fingerprint density at radius 2 is 0.781 bits per heavy atom. The third kappa shape index (κ3) is 21.9. The van der Waals surface area contributed by atoms with Crippen LogP contribution in [0.4, 0.5) is 0 Å². The molecule has 23 heteroatoms. The van der Waals surface area contributed by atoms with Gasteiger partial charge >= 0.3 is 11.9 Å². The standard InChI is InChI=1S/C91H97NO22/c1-98-69-46-42-66(43-47-69)52-102-59-75-80(81(105-54-63-31-15-6-16-32-63)77(89(111-75)103-50-26-10-23-41-76(93)100-3)92-86(95)71-39-24-25-40-72(71)87(92)96)114-91-85(113-88(97)68-37-21-9-22-38-68)82(106-57-67-44-48-70(99-2)49-45-67)78(94)73(110-91)60-109-90-84(108-56-65-35-19-8-20-36-65)83(107-55-64-33-17-7-18-34-64)79(104-53-62-29-13-5-14-30-62)74(112-90)58-101-51-61-27-11-4-12-28-61/h4-9,11-22,24-25,27-40,42-49,73-75,77-85,89-91,94H,10,23,26,41,50-60H2,1-3H3/t73-,74-,75-,77-,78+,79+,80-,81-,82+,83+,84-,85-,89-,90-,91+/m1/s1. The van der Waals surface area contributed by atoms with Crippen molar-refractivity contribution in [2.45, 2.75) is 164 Å². The summed E-state index contributed by atoms with van der Waals surface area (Å²) in [6, 6.07) is 76.1. The number of ether oxygens (including phenoxy) is 17. The van der Waals surface area contributed by atoms with E-state index in [-0.39, 0.29) is 95.1 Å². The third-order valence-corrected chi connectivity index (χ3v) is 20.3. The molecule has 1 N–H and O–H groups in total. The summed E-state index contributed by atoms with van der Waals surface area (Å²) in [4.78, 5) is 59.1. The molecule has 0 bridgehead atoms. The molecule has 0 radical (unpaired) electrons. The highest BCUT2D eigenvalue weighted by Crippen LogP contribution is 2.41. The second-order valence-electron chi connectivity index (χ2n) is 28.1. The Hall–Kier alpha value is -9.90. The van der Waals surface area contributed by atoms with Crippen molar-refractivity contribution in [1.29, 1.82) is 0 Å². The largest absolute Gasteiger partial charge is 0.497 e. The molecule has 2 amide bonds. The third-order valence-electron chi connectivity index (χ3n) is 20.3. The van der Waals surface area contributed by atoms with Gasteiger partial charge in [0.25, 0.3) is 11.8 Å². The number of fused-ring (bicyclic) bond motifs is 1. The number of aliphatic hydroxyl groups excluding tert-OH is 1. The second-order valence-corrected chi connectivity index (χ2v) is 28.1. The fraction of sp³-hybridized carbons (Fsp3) is 0.363. The smallest absolute Gasteiger partial charge is 0.338 e. The summed E-state index contributed by atoms with van der Waals surface area (Å²) in [5, 5.41) is 13.5. The molecular formula is C91H97NO22. The molecule has 114 heavy (non-hydrogen) atoms. The van der Waals surface area contributed by atoms with Crippen LogP contribution < -0.4 is 9.47 Å². The van der Waals surface area contributed by atoms with E-state index >= 15 is 14.4 Å². The molecule has 0 aliphatic carbocycles. The molecular weight excluding hydrogens is 1460 g/mol. The number of esters is 2. The Labute approximate surface area is 663 Å². The van der Waals surface area contributed by atoms with Crippen LogP contribution in [0.3, 0.4) is 0 Å². The highest BCUT2D eigenvalue weighted by Gasteiger charge is 2.59. The van der Waals surface area contributed by atoms with E-state index < -0.39 is 116 Å². The number of nitrogens with zero attached hydrogens (tertiary/aromatic N) is 1. The van der Waals surface area contributed by atoms with Crippen molar-refractivity contribution in [3.05, 3.63) is 310 Å². The van der Waals surface area contributed by atoms with Gasteiger partial charge in [0.2, 0.25) is 0 Å². The van der Waals surface area contributed by atoms with Gasteiger partial charge in [-0.3, -0.25) is 19.3 Å². The van der Waals surface area contributed by atoms with Gasteiger partial charge in [-0.2, -0.15) is 0 Å². The van der Waals surface area contributed by atoms with Gasteiger partial charge in [0, 0.05) is 13.0 Å². The first-order valence-corrected chi connectivity index (χ1v) is 38.5. The molecule has 4 aliphatic rings. The predicted molar refractivity (Wildman–Crippen MR) is 416 cm³/mol. The quantitative estimate of drug-likeness (QED) is 0.0213. The number of imide groups is 1. The van der Waals surface area contributed by atoms with Crippen LogP contribution in [0.2, 0.25) is 0 Å². The molecule has 9 aromatic rings. The molecule has 0 unspecified atom stereocenters. The minimum absolute atomic E-state index is 0.00832. The monoisotopic (exact) mass is 1560 g/mol. The van der Waals surface area contributed by atoms with Gasteiger partial charge in [0.1, 0.15) is 78.6 Å². The topological polar surface area (TPSA) is 249 Å². The number of carbonyl (C=O) groups excluding carboxylic acids is 4. The number of methoxy groups -OCH3 is 3. The Morgan fingerprint density at radius 3 is 1.28 bits per heavy atom. The minimum atomic E-state index is -1.79. The Balaban J connectivity index is 0.916. The molecule has 23 nitrogen and oxygen atoms in total. The zero-order valence-corrected chi connectivity index (χ0v) is 64.0. The van der Waals surface area contributed by atoms with Crippen molar-refractivity contribution in [3.63, 3.8) is 0 Å². The van der Waals surface area contributed by atoms with Crippen molar-refractivity contribution in [2.75, 3.05) is 47.8 Å². The summed E-state index contributed by atoms with van der Waals surface area (Å²) >= 11 is 0. The predicted octanol–water partition coefficient (Wildman–Crippen LogP) is 12.9. The van der Waals surface area contributed by atoms with Gasteiger partial charge in [0.15, 0.2) is 25.0 Å². The summed E-state index contributed by atoms with van der Waals surface area (Å²) in [7, 11) is 4.47. The number of unbranched alkanes of at least 4 members (excludes halogenated alkanes) is 2. The summed E-state index contributed by atoms with van der Waals surface area (Å²) in [6.45, 7) is -0.381. The van der Waals surface area contributed by atoms with Crippen molar-refractivity contribution in [1.82, 2.24) is 4.90 Å². The van der Waals surface area contributed by atoms with E-state index in [0.29, 0.717) is 41.9 Å². The summed E-state index contributed by atoms with van der Waals surface area (Å²) in [5.41, 5.74) is 6.07. The van der Waals surface area contributed by atoms with E-state index in [9.17, 15) is 9.90 Å². The molecule has 0 spiro atoms. The first-order chi connectivity index (χ1) is 56.0. The van der Waals surface area contributed by atoms with E-state index in [1.165, 1.54) is 7.11 Å². The number of aliphatic hydroxyl groups is 1. The lowest BCUT2D eigenvalue weighted by Gasteiger charge is -2.51. The highest BCUT2D eigenvalue weighted by atomic mass is 16.8. The number of carbonyl (C=O) groups is 4. The maximum absolute atomic E-state index is 15.3. The molecule has 15 atom stereocenters. The Bertz CT molecular complexity index is 4370. The van der Waals surface area contributed by atoms with Crippen molar-refractivity contribution < 1.29 is 105 Å². The normalized spacial score (nSPS) is 24.0. The first kappa shape index (κ1) is 82.1. The van der Waals surface area contributed by atoms with Crippen LogP contribution in [0, 0.1) is 0 Å². The fourth-order valence-corrected chi connectivity index (χ4v) is 14.3. The number of hydrogen-bond donors (Lipinski definition) is 1. The Morgan fingerprint density at radius 1 is 0.368 bits per heavy atom. The lowest BCUT2D eigenvalue weighted by atomic mass is 9.93. The SMILES string of the molecule is COC(=O)CCCCCO[C@@H]1O[C@H](COCc2ccc(OC)cc2)[C@@H](O[C@@H]2O[C@H](CO[C@@H]3O[C@H](COCc4ccccc4)[C@H](OCc4ccccc4)[C@H](OCc4ccccc4)[C@H]3OCc3ccccc3)[C@H](O)[C@H](OCc3ccc(OC)cc3)[C@H]2OC(=O)c2ccccc2)[C@H](OCc2ccccc2)[C@H]1N1C(=O)c2ccccc2C1=O. The molecule has 0 aromatic heterocycles. The van der Waals surface area contributed by atoms with Crippen LogP contribution in [-0.4, -0.2) is 174 Å². The Kier molecular flexibility index (Phi) is 30.2. The summed E-state index contributed by atoms with van der Waals surface area (Å²) in [5.74, 6) is -1.29. The maximum atomic E-state index is 15.3. The number of benzene rings is 9. The number of hydrogen-bond acceptors (Lipinski definition) is 22. The van der Waals surface area contributed by atoms with E-state index in [2.05, 4.69) is 0 Å². The van der Waals surface area contributed by atoms with Gasteiger partial charge in [-0.15, -0.1) is 0 Å². The minimum Gasteiger partial charge on any atom is -0.497 e.